The van der Waals surface area contributed by atoms with E-state index in [1.807, 2.05) is 32.9 Å². The molecule has 1 aromatic rings. The number of carbonyl (C=O) groups excluding carboxylic acids is 1. The van der Waals surface area contributed by atoms with E-state index in [1.54, 1.807) is 6.07 Å². The lowest BCUT2D eigenvalue weighted by molar-refractivity contribution is -0.116. The van der Waals surface area contributed by atoms with Crippen LogP contribution in [-0.2, 0) is 14.8 Å². The number of anilines is 1. The predicted molar refractivity (Wildman–Crippen MR) is 88.8 cm³/mol. The number of hydrogen-bond donors (Lipinski definition) is 1. The summed E-state index contributed by atoms with van der Waals surface area (Å²) in [5.41, 5.74) is 1.70. The second kappa shape index (κ2) is 7.38. The minimum atomic E-state index is -3.40. The Hall–Kier alpha value is -0.920. The highest BCUT2D eigenvalue weighted by atomic mass is 79.9. The summed E-state index contributed by atoms with van der Waals surface area (Å²) in [7, 11) is -3.40. The van der Waals surface area contributed by atoms with Crippen LogP contribution in [0.5, 0.6) is 0 Å². The van der Waals surface area contributed by atoms with Crippen LogP contribution in [-0.4, -0.2) is 38.0 Å². The molecule has 0 aliphatic carbocycles. The van der Waals surface area contributed by atoms with Gasteiger partial charge < -0.3 is 5.32 Å². The first-order chi connectivity index (χ1) is 9.59. The van der Waals surface area contributed by atoms with E-state index >= 15 is 0 Å². The van der Waals surface area contributed by atoms with Gasteiger partial charge in [-0.15, -0.1) is 0 Å². The zero-order valence-corrected chi connectivity index (χ0v) is 15.1. The molecule has 5 nitrogen and oxygen atoms in total. The highest BCUT2D eigenvalue weighted by Crippen LogP contribution is 2.23. The molecule has 0 saturated heterocycles. The topological polar surface area (TPSA) is 66.5 Å². The molecule has 0 radical (unpaired) electrons. The van der Waals surface area contributed by atoms with Crippen molar-refractivity contribution in [2.45, 2.75) is 20.8 Å². The average Bonchev–Trinajstić information content (AvgIpc) is 2.30. The Morgan fingerprint density at radius 2 is 2.00 bits per heavy atom. The van der Waals surface area contributed by atoms with Crippen molar-refractivity contribution in [2.24, 2.45) is 5.92 Å². The van der Waals surface area contributed by atoms with Gasteiger partial charge in [-0.3, -0.25) is 4.79 Å². The monoisotopic (exact) mass is 376 g/mol. The molecule has 1 rings (SSSR count). The van der Waals surface area contributed by atoms with Crippen molar-refractivity contribution < 1.29 is 13.2 Å². The Morgan fingerprint density at radius 3 is 2.48 bits per heavy atom. The van der Waals surface area contributed by atoms with E-state index in [4.69, 9.17) is 0 Å². The molecule has 0 unspecified atom stereocenters. The minimum Gasteiger partial charge on any atom is -0.324 e. The number of benzene rings is 1. The highest BCUT2D eigenvalue weighted by Gasteiger charge is 2.21. The van der Waals surface area contributed by atoms with Crippen LogP contribution >= 0.6 is 15.9 Å². The van der Waals surface area contributed by atoms with Crippen molar-refractivity contribution in [1.29, 1.82) is 0 Å². The third-order valence-corrected chi connectivity index (χ3v) is 4.63. The summed E-state index contributed by atoms with van der Waals surface area (Å²) in [4.78, 5) is 12.1. The van der Waals surface area contributed by atoms with Gasteiger partial charge in [-0.25, -0.2) is 8.42 Å². The maximum Gasteiger partial charge on any atom is 0.239 e. The molecule has 0 spiro atoms. The molecule has 0 bridgehead atoms. The number of halogens is 1. The van der Waals surface area contributed by atoms with E-state index in [2.05, 4.69) is 21.2 Å². The number of nitrogens with zero attached hydrogens (tertiary/aromatic N) is 1. The number of carbonyl (C=O) groups is 1. The largest absolute Gasteiger partial charge is 0.324 e. The van der Waals surface area contributed by atoms with Gasteiger partial charge in [0.05, 0.1) is 18.5 Å². The molecule has 1 aromatic carbocycles. The summed E-state index contributed by atoms with van der Waals surface area (Å²) in [6.07, 6.45) is 1.12. The Morgan fingerprint density at radius 1 is 1.38 bits per heavy atom. The Bertz CT molecular complexity index is 615. The van der Waals surface area contributed by atoms with Crippen molar-refractivity contribution in [1.82, 2.24) is 4.31 Å². The molecular weight excluding hydrogens is 356 g/mol. The van der Waals surface area contributed by atoms with Gasteiger partial charge in [0.25, 0.3) is 0 Å². The Kier molecular flexibility index (Phi) is 6.37. The molecule has 1 amide bonds. The first-order valence-corrected chi connectivity index (χ1v) is 9.25. The lowest BCUT2D eigenvalue weighted by Crippen LogP contribution is -2.39. The number of nitrogens with one attached hydrogen (secondary N) is 1. The first kappa shape index (κ1) is 18.1. The molecule has 0 atom stereocenters. The SMILES string of the molecule is Cc1ccc(NC(=O)CN(CC(C)C)S(C)(=O)=O)c(Br)c1. The van der Waals surface area contributed by atoms with E-state index in [-0.39, 0.29) is 18.4 Å². The third-order valence-electron chi connectivity index (χ3n) is 2.76. The summed E-state index contributed by atoms with van der Waals surface area (Å²) in [6, 6.07) is 5.55. The average molecular weight is 377 g/mol. The third kappa shape index (κ3) is 6.15. The van der Waals surface area contributed by atoms with Crippen LogP contribution < -0.4 is 5.32 Å². The fourth-order valence-corrected chi connectivity index (χ4v) is 3.31. The number of hydrogen-bond acceptors (Lipinski definition) is 3. The number of aryl methyl sites for hydroxylation is 1. The first-order valence-electron chi connectivity index (χ1n) is 6.60. The van der Waals surface area contributed by atoms with Gasteiger partial charge in [-0.1, -0.05) is 19.9 Å². The molecule has 0 aliphatic heterocycles. The van der Waals surface area contributed by atoms with Crippen molar-refractivity contribution in [2.75, 3.05) is 24.7 Å². The van der Waals surface area contributed by atoms with Crippen LogP contribution in [0.15, 0.2) is 22.7 Å². The predicted octanol–water partition coefficient (Wildman–Crippen LogP) is 2.61. The zero-order valence-electron chi connectivity index (χ0n) is 12.7. The van der Waals surface area contributed by atoms with Gasteiger partial charge in [0.2, 0.25) is 15.9 Å². The van der Waals surface area contributed by atoms with Crippen LogP contribution in [0.2, 0.25) is 0 Å². The second-order valence-electron chi connectivity index (χ2n) is 5.48. The van der Waals surface area contributed by atoms with E-state index in [9.17, 15) is 13.2 Å². The molecule has 21 heavy (non-hydrogen) atoms. The molecule has 0 aliphatic rings. The molecule has 0 heterocycles. The van der Waals surface area contributed by atoms with Gasteiger partial charge in [0.15, 0.2) is 0 Å². The maximum absolute atomic E-state index is 12.1. The second-order valence-corrected chi connectivity index (χ2v) is 8.32. The van der Waals surface area contributed by atoms with Gasteiger partial charge in [-0.2, -0.15) is 4.31 Å². The molecule has 118 valence electrons. The van der Waals surface area contributed by atoms with Gasteiger partial charge in [0, 0.05) is 11.0 Å². The fourth-order valence-electron chi connectivity index (χ4n) is 1.80. The Balaban J connectivity index is 2.78. The Labute approximate surface area is 134 Å². The molecular formula is C14H21BrN2O3S. The highest BCUT2D eigenvalue weighted by molar-refractivity contribution is 9.10. The lowest BCUT2D eigenvalue weighted by atomic mass is 10.2. The summed E-state index contributed by atoms with van der Waals surface area (Å²) in [5, 5.41) is 2.72. The molecule has 0 saturated carbocycles. The van der Waals surface area contributed by atoms with Crippen LogP contribution in [0.3, 0.4) is 0 Å². The van der Waals surface area contributed by atoms with E-state index in [0.29, 0.717) is 12.2 Å². The smallest absolute Gasteiger partial charge is 0.239 e. The standard InChI is InChI=1S/C14H21BrN2O3S/c1-10(2)8-17(21(4,19)20)9-14(18)16-13-6-5-11(3)7-12(13)15/h5-7,10H,8-9H2,1-4H3,(H,16,18). The van der Waals surface area contributed by atoms with Crippen LogP contribution in [0, 0.1) is 12.8 Å². The van der Waals surface area contributed by atoms with Gasteiger partial charge >= 0.3 is 0 Å². The fraction of sp³-hybridized carbons (Fsp3) is 0.500. The summed E-state index contributed by atoms with van der Waals surface area (Å²) in [5.74, 6) is -0.204. The number of sulfonamides is 1. The number of rotatable bonds is 6. The summed E-state index contributed by atoms with van der Waals surface area (Å²) in [6.45, 7) is 5.91. The van der Waals surface area contributed by atoms with Crippen molar-refractivity contribution in [3.63, 3.8) is 0 Å². The van der Waals surface area contributed by atoms with Gasteiger partial charge in [-0.05, 0) is 46.5 Å². The van der Waals surface area contributed by atoms with E-state index in [0.717, 1.165) is 16.3 Å². The quantitative estimate of drug-likeness (QED) is 0.829. The van der Waals surface area contributed by atoms with Crippen LogP contribution in [0.25, 0.3) is 0 Å². The van der Waals surface area contributed by atoms with Gasteiger partial charge in [0.1, 0.15) is 0 Å². The number of amides is 1. The van der Waals surface area contributed by atoms with E-state index in [1.165, 1.54) is 4.31 Å². The zero-order chi connectivity index (χ0) is 16.2. The van der Waals surface area contributed by atoms with Crippen molar-refractivity contribution in [3.05, 3.63) is 28.2 Å². The maximum atomic E-state index is 12.1. The molecule has 1 N–H and O–H groups in total. The van der Waals surface area contributed by atoms with Crippen LogP contribution in [0.1, 0.15) is 19.4 Å². The minimum absolute atomic E-state index is 0.152. The van der Waals surface area contributed by atoms with Crippen molar-refractivity contribution in [3.8, 4) is 0 Å². The molecule has 0 aromatic heterocycles. The normalized spacial score (nSPS) is 12.0. The lowest BCUT2D eigenvalue weighted by Gasteiger charge is -2.21. The molecule has 0 fully saturated rings. The summed E-state index contributed by atoms with van der Waals surface area (Å²) < 4.78 is 25.4. The van der Waals surface area contributed by atoms with E-state index < -0.39 is 10.0 Å². The van der Waals surface area contributed by atoms with Crippen molar-refractivity contribution >= 4 is 37.5 Å². The summed E-state index contributed by atoms with van der Waals surface area (Å²) >= 11 is 3.38. The van der Waals surface area contributed by atoms with Crippen LogP contribution in [0.4, 0.5) is 5.69 Å². The molecule has 7 heteroatoms.